The molecule has 1 atom stereocenters. The fourth-order valence-corrected chi connectivity index (χ4v) is 2.60. The molecule has 1 aromatic rings. The van der Waals surface area contributed by atoms with Gasteiger partial charge in [0.1, 0.15) is 5.75 Å². The first-order valence-electron chi connectivity index (χ1n) is 6.03. The molecule has 1 unspecified atom stereocenters. The third-order valence-corrected chi connectivity index (χ3v) is 3.59. The van der Waals surface area contributed by atoms with Crippen molar-refractivity contribution in [3.8, 4) is 17.2 Å². The highest BCUT2D eigenvalue weighted by Gasteiger charge is 2.23. The van der Waals surface area contributed by atoms with Crippen LogP contribution in [-0.4, -0.2) is 31.9 Å². The monoisotopic (exact) mass is 271 g/mol. The summed E-state index contributed by atoms with van der Waals surface area (Å²) in [5.41, 5.74) is 0.709. The molecule has 1 fully saturated rings. The molecule has 1 heterocycles. The van der Waals surface area contributed by atoms with Crippen molar-refractivity contribution >= 4 is 11.6 Å². The predicted molar refractivity (Wildman–Crippen MR) is 70.9 cm³/mol. The molecule has 0 saturated carbocycles. The van der Waals surface area contributed by atoms with E-state index in [0.29, 0.717) is 34.5 Å². The highest BCUT2D eigenvalue weighted by Crippen LogP contribution is 2.43. The van der Waals surface area contributed by atoms with Crippen molar-refractivity contribution in [3.05, 3.63) is 16.7 Å². The van der Waals surface area contributed by atoms with Gasteiger partial charge in [-0.2, -0.15) is 0 Å². The molecule has 18 heavy (non-hydrogen) atoms. The molecule has 1 aliphatic heterocycles. The second kappa shape index (κ2) is 5.67. The van der Waals surface area contributed by atoms with Crippen LogP contribution in [0, 0.1) is 0 Å². The maximum Gasteiger partial charge on any atom is 0.167 e. The highest BCUT2D eigenvalue weighted by atomic mass is 35.5. The number of rotatable bonds is 4. The van der Waals surface area contributed by atoms with Crippen LogP contribution in [0.4, 0.5) is 0 Å². The third-order valence-electron chi connectivity index (χ3n) is 3.30. The lowest BCUT2D eigenvalue weighted by atomic mass is 10.0. The number of ether oxygens (including phenoxy) is 2. The zero-order valence-corrected chi connectivity index (χ0v) is 11.4. The van der Waals surface area contributed by atoms with Gasteiger partial charge in [-0.1, -0.05) is 11.6 Å². The Hall–Kier alpha value is -1.13. The molecule has 2 rings (SSSR count). The number of halogens is 1. The lowest BCUT2D eigenvalue weighted by molar-refractivity contribution is 0.345. The van der Waals surface area contributed by atoms with Gasteiger partial charge in [0.2, 0.25) is 0 Å². The predicted octanol–water partition coefficient (Wildman–Crippen LogP) is 2.36. The SMILES string of the molecule is COc1cc(Cl)c(O)c(CC2CCCN2)c1OC. The molecule has 2 N–H and O–H groups in total. The van der Waals surface area contributed by atoms with Crippen LogP contribution in [-0.2, 0) is 6.42 Å². The van der Waals surface area contributed by atoms with Crippen molar-refractivity contribution in [1.82, 2.24) is 5.32 Å². The number of aromatic hydroxyl groups is 1. The van der Waals surface area contributed by atoms with E-state index < -0.39 is 0 Å². The Morgan fingerprint density at radius 1 is 1.44 bits per heavy atom. The molecular weight excluding hydrogens is 254 g/mol. The van der Waals surface area contributed by atoms with Gasteiger partial charge in [0.25, 0.3) is 0 Å². The number of hydrogen-bond donors (Lipinski definition) is 2. The van der Waals surface area contributed by atoms with Crippen molar-refractivity contribution in [1.29, 1.82) is 0 Å². The van der Waals surface area contributed by atoms with Crippen LogP contribution in [0.2, 0.25) is 5.02 Å². The lowest BCUT2D eigenvalue weighted by Crippen LogP contribution is -2.24. The first kappa shape index (κ1) is 13.3. The van der Waals surface area contributed by atoms with Gasteiger partial charge < -0.3 is 19.9 Å². The zero-order chi connectivity index (χ0) is 13.1. The molecular formula is C13H18ClNO3. The Balaban J connectivity index is 2.38. The summed E-state index contributed by atoms with van der Waals surface area (Å²) in [5.74, 6) is 1.20. The summed E-state index contributed by atoms with van der Waals surface area (Å²) in [4.78, 5) is 0. The number of phenols is 1. The normalized spacial score (nSPS) is 18.9. The molecule has 1 aliphatic rings. The summed E-state index contributed by atoms with van der Waals surface area (Å²) in [6, 6.07) is 1.93. The fourth-order valence-electron chi connectivity index (χ4n) is 2.39. The van der Waals surface area contributed by atoms with Gasteiger partial charge >= 0.3 is 0 Å². The van der Waals surface area contributed by atoms with Gasteiger partial charge in [-0.05, 0) is 25.8 Å². The minimum absolute atomic E-state index is 0.0861. The largest absolute Gasteiger partial charge is 0.506 e. The number of nitrogens with one attached hydrogen (secondary N) is 1. The highest BCUT2D eigenvalue weighted by molar-refractivity contribution is 6.32. The van der Waals surface area contributed by atoms with Crippen LogP contribution in [0.3, 0.4) is 0 Å². The van der Waals surface area contributed by atoms with E-state index in [-0.39, 0.29) is 5.75 Å². The fraction of sp³-hybridized carbons (Fsp3) is 0.538. The Kier molecular flexibility index (Phi) is 4.19. The third kappa shape index (κ3) is 2.49. The van der Waals surface area contributed by atoms with Crippen LogP contribution in [0.25, 0.3) is 0 Å². The summed E-state index contributed by atoms with van der Waals surface area (Å²) in [6.07, 6.45) is 2.94. The van der Waals surface area contributed by atoms with E-state index in [4.69, 9.17) is 21.1 Å². The maximum absolute atomic E-state index is 10.1. The van der Waals surface area contributed by atoms with Crippen molar-refractivity contribution in [2.45, 2.75) is 25.3 Å². The topological polar surface area (TPSA) is 50.7 Å². The van der Waals surface area contributed by atoms with E-state index in [9.17, 15) is 5.11 Å². The first-order valence-corrected chi connectivity index (χ1v) is 6.40. The summed E-state index contributed by atoms with van der Waals surface area (Å²) in [6.45, 7) is 1.02. The van der Waals surface area contributed by atoms with Crippen molar-refractivity contribution in [3.63, 3.8) is 0 Å². The molecule has 0 bridgehead atoms. The average molecular weight is 272 g/mol. The summed E-state index contributed by atoms with van der Waals surface area (Å²) in [5, 5.41) is 13.8. The maximum atomic E-state index is 10.1. The molecule has 5 heteroatoms. The second-order valence-corrected chi connectivity index (χ2v) is 4.83. The van der Waals surface area contributed by atoms with Crippen LogP contribution in [0.15, 0.2) is 6.07 Å². The molecule has 100 valence electrons. The van der Waals surface area contributed by atoms with Crippen LogP contribution in [0.5, 0.6) is 17.2 Å². The van der Waals surface area contributed by atoms with Crippen molar-refractivity contribution < 1.29 is 14.6 Å². The van der Waals surface area contributed by atoms with E-state index in [1.54, 1.807) is 20.3 Å². The summed E-state index contributed by atoms with van der Waals surface area (Å²) < 4.78 is 10.6. The quantitative estimate of drug-likeness (QED) is 0.883. The number of benzene rings is 1. The van der Waals surface area contributed by atoms with E-state index >= 15 is 0 Å². The van der Waals surface area contributed by atoms with Crippen molar-refractivity contribution in [2.24, 2.45) is 0 Å². The van der Waals surface area contributed by atoms with Gasteiger partial charge in [0.05, 0.1) is 19.2 Å². The van der Waals surface area contributed by atoms with Gasteiger partial charge in [-0.15, -0.1) is 0 Å². The molecule has 0 radical (unpaired) electrons. The van der Waals surface area contributed by atoms with E-state index in [0.717, 1.165) is 19.4 Å². The summed E-state index contributed by atoms with van der Waals surface area (Å²) in [7, 11) is 3.12. The Morgan fingerprint density at radius 3 is 2.78 bits per heavy atom. The average Bonchev–Trinajstić information content (AvgIpc) is 2.87. The van der Waals surface area contributed by atoms with E-state index in [1.165, 1.54) is 0 Å². The number of methoxy groups -OCH3 is 2. The van der Waals surface area contributed by atoms with Gasteiger partial charge in [-0.3, -0.25) is 0 Å². The lowest BCUT2D eigenvalue weighted by Gasteiger charge is -2.18. The number of phenolic OH excluding ortho intramolecular Hbond substituents is 1. The molecule has 1 saturated heterocycles. The molecule has 0 aliphatic carbocycles. The Labute approximate surface area is 112 Å². The van der Waals surface area contributed by atoms with Crippen molar-refractivity contribution in [2.75, 3.05) is 20.8 Å². The molecule has 1 aromatic carbocycles. The molecule has 0 aromatic heterocycles. The van der Waals surface area contributed by atoms with E-state index in [2.05, 4.69) is 5.32 Å². The second-order valence-electron chi connectivity index (χ2n) is 4.42. The van der Waals surface area contributed by atoms with Crippen LogP contribution in [0.1, 0.15) is 18.4 Å². The molecule has 0 amide bonds. The van der Waals surface area contributed by atoms with Gasteiger partial charge in [0, 0.05) is 17.7 Å². The Morgan fingerprint density at radius 2 is 2.22 bits per heavy atom. The minimum atomic E-state index is 0.0861. The molecule has 4 nitrogen and oxygen atoms in total. The van der Waals surface area contributed by atoms with Crippen LogP contribution < -0.4 is 14.8 Å². The standard InChI is InChI=1S/C13H18ClNO3/c1-17-11-7-10(14)12(16)9(13(11)18-2)6-8-4-3-5-15-8/h7-8,15-16H,3-6H2,1-2H3. The zero-order valence-electron chi connectivity index (χ0n) is 10.6. The summed E-state index contributed by atoms with van der Waals surface area (Å²) >= 11 is 6.01. The van der Waals surface area contributed by atoms with Crippen LogP contribution >= 0.6 is 11.6 Å². The number of hydrogen-bond acceptors (Lipinski definition) is 4. The van der Waals surface area contributed by atoms with E-state index in [1.807, 2.05) is 0 Å². The smallest absolute Gasteiger partial charge is 0.167 e. The van der Waals surface area contributed by atoms with Gasteiger partial charge in [-0.25, -0.2) is 0 Å². The first-order chi connectivity index (χ1) is 8.67. The van der Waals surface area contributed by atoms with Gasteiger partial charge in [0.15, 0.2) is 11.5 Å². The molecule has 0 spiro atoms. The Bertz CT molecular complexity index is 431. The minimum Gasteiger partial charge on any atom is -0.506 e.